The molecule has 3 N–H and O–H groups in total. The van der Waals surface area contributed by atoms with Gasteiger partial charge in [-0.05, 0) is 18.8 Å². The summed E-state index contributed by atoms with van der Waals surface area (Å²) in [5.41, 5.74) is 5.51. The average molecular weight is 129 g/mol. The number of carboxylic acids is 1. The third kappa shape index (κ3) is 1.42. The van der Waals surface area contributed by atoms with E-state index in [0.717, 1.165) is 12.8 Å². The molecule has 3 nitrogen and oxygen atoms in total. The van der Waals surface area contributed by atoms with Gasteiger partial charge < -0.3 is 10.8 Å². The predicted octanol–water partition coefficient (Wildman–Crippen LogP) is 0.198. The maximum absolute atomic E-state index is 10.1. The first-order valence-corrected chi connectivity index (χ1v) is 3.17. The van der Waals surface area contributed by atoms with Crippen LogP contribution in [0.1, 0.15) is 19.3 Å². The third-order valence-corrected chi connectivity index (χ3v) is 1.91. The summed E-state index contributed by atoms with van der Waals surface area (Å²) in [7, 11) is 0. The van der Waals surface area contributed by atoms with Gasteiger partial charge in [-0.15, -0.1) is 0 Å². The van der Waals surface area contributed by atoms with Gasteiger partial charge in [-0.3, -0.25) is 4.79 Å². The van der Waals surface area contributed by atoms with E-state index in [9.17, 15) is 4.79 Å². The highest BCUT2D eigenvalue weighted by atomic mass is 16.4. The minimum atomic E-state index is -0.727. The summed E-state index contributed by atoms with van der Waals surface area (Å²) in [6.07, 6.45) is 2.24. The van der Waals surface area contributed by atoms with Crippen molar-refractivity contribution in [2.45, 2.75) is 25.3 Å². The van der Waals surface area contributed by atoms with Crippen LogP contribution in [0.15, 0.2) is 0 Å². The maximum Gasteiger partial charge on any atom is 0.303 e. The Morgan fingerprint density at radius 2 is 2.33 bits per heavy atom. The van der Waals surface area contributed by atoms with Crippen molar-refractivity contribution in [2.24, 2.45) is 11.7 Å². The number of aliphatic carboxylic acids is 1. The van der Waals surface area contributed by atoms with E-state index >= 15 is 0 Å². The largest absolute Gasteiger partial charge is 0.481 e. The highest BCUT2D eigenvalue weighted by Gasteiger charge is 2.28. The second kappa shape index (κ2) is 2.35. The van der Waals surface area contributed by atoms with Crippen molar-refractivity contribution in [3.05, 3.63) is 0 Å². The first-order valence-electron chi connectivity index (χ1n) is 3.17. The molecule has 0 aromatic rings. The number of hydrogen-bond acceptors (Lipinski definition) is 2. The molecule has 1 aliphatic carbocycles. The number of rotatable bonds is 2. The van der Waals surface area contributed by atoms with Crippen LogP contribution in [0.25, 0.3) is 0 Å². The van der Waals surface area contributed by atoms with Crippen molar-refractivity contribution in [1.29, 1.82) is 0 Å². The van der Waals surface area contributed by atoms with Crippen LogP contribution < -0.4 is 5.73 Å². The molecule has 2 atom stereocenters. The molecule has 0 aromatic heterocycles. The van der Waals surface area contributed by atoms with Crippen LogP contribution in [-0.4, -0.2) is 17.1 Å². The van der Waals surface area contributed by atoms with Crippen LogP contribution in [0.5, 0.6) is 0 Å². The maximum atomic E-state index is 10.1. The van der Waals surface area contributed by atoms with Gasteiger partial charge in [0.15, 0.2) is 0 Å². The second-order valence-corrected chi connectivity index (χ2v) is 2.60. The van der Waals surface area contributed by atoms with E-state index < -0.39 is 5.97 Å². The van der Waals surface area contributed by atoms with Crippen LogP contribution in [0, 0.1) is 5.92 Å². The van der Waals surface area contributed by atoms with Gasteiger partial charge in [-0.25, -0.2) is 0 Å². The quantitative estimate of drug-likeness (QED) is 0.559. The van der Waals surface area contributed by atoms with Crippen molar-refractivity contribution >= 4 is 5.97 Å². The molecule has 0 spiro atoms. The monoisotopic (exact) mass is 129 g/mol. The lowest BCUT2D eigenvalue weighted by atomic mass is 9.78. The van der Waals surface area contributed by atoms with Crippen molar-refractivity contribution < 1.29 is 9.90 Å². The van der Waals surface area contributed by atoms with Crippen LogP contribution in [0.4, 0.5) is 0 Å². The van der Waals surface area contributed by atoms with Crippen molar-refractivity contribution in [1.82, 2.24) is 0 Å². The molecule has 0 aliphatic heterocycles. The van der Waals surface area contributed by atoms with E-state index in [1.165, 1.54) is 0 Å². The second-order valence-electron chi connectivity index (χ2n) is 2.60. The molecular weight excluding hydrogens is 118 g/mol. The van der Waals surface area contributed by atoms with Gasteiger partial charge in [0.2, 0.25) is 0 Å². The molecule has 1 fully saturated rings. The molecule has 1 rings (SSSR count). The smallest absolute Gasteiger partial charge is 0.303 e. The van der Waals surface area contributed by atoms with E-state index in [2.05, 4.69) is 0 Å². The number of carboxylic acid groups (broad SMARTS) is 1. The highest BCUT2D eigenvalue weighted by Crippen LogP contribution is 2.28. The van der Waals surface area contributed by atoms with Gasteiger partial charge in [-0.2, -0.15) is 0 Å². The van der Waals surface area contributed by atoms with E-state index in [1.807, 2.05) is 0 Å². The van der Waals surface area contributed by atoms with Crippen LogP contribution >= 0.6 is 0 Å². The van der Waals surface area contributed by atoms with Gasteiger partial charge in [0.05, 0.1) is 0 Å². The van der Waals surface area contributed by atoms with E-state index in [4.69, 9.17) is 10.8 Å². The molecule has 1 aliphatic rings. The summed E-state index contributed by atoms with van der Waals surface area (Å²) in [5, 5.41) is 8.31. The molecule has 0 radical (unpaired) electrons. The Balaban J connectivity index is 2.21. The van der Waals surface area contributed by atoms with Gasteiger partial charge in [0.25, 0.3) is 0 Å². The van der Waals surface area contributed by atoms with Gasteiger partial charge in [0, 0.05) is 12.5 Å². The average Bonchev–Trinajstić information content (AvgIpc) is 1.79. The van der Waals surface area contributed by atoms with Gasteiger partial charge in [-0.1, -0.05) is 0 Å². The number of nitrogens with two attached hydrogens (primary N) is 1. The minimum Gasteiger partial charge on any atom is -0.481 e. The van der Waals surface area contributed by atoms with E-state index in [1.54, 1.807) is 0 Å². The van der Waals surface area contributed by atoms with Gasteiger partial charge in [0.1, 0.15) is 0 Å². The molecule has 0 heterocycles. The molecule has 0 amide bonds. The number of hydrogen-bond donors (Lipinski definition) is 2. The molecule has 0 unspecified atom stereocenters. The molecule has 9 heavy (non-hydrogen) atoms. The van der Waals surface area contributed by atoms with Crippen LogP contribution in [-0.2, 0) is 4.79 Å². The standard InChI is InChI=1S/C6H11NO2/c7-5-2-1-4(5)3-6(8)9/h4-5H,1-3,7H2,(H,8,9)/t4-,5-/m0/s1. The van der Waals surface area contributed by atoms with E-state index in [-0.39, 0.29) is 18.4 Å². The summed E-state index contributed by atoms with van der Waals surface area (Å²) >= 11 is 0. The predicted molar refractivity (Wildman–Crippen MR) is 33.0 cm³/mol. The minimum absolute atomic E-state index is 0.154. The molecule has 0 aromatic carbocycles. The molecule has 0 saturated heterocycles. The fourth-order valence-electron chi connectivity index (χ4n) is 1.07. The van der Waals surface area contributed by atoms with Crippen molar-refractivity contribution in [2.75, 3.05) is 0 Å². The Bertz CT molecular complexity index is 124. The first-order chi connectivity index (χ1) is 4.20. The highest BCUT2D eigenvalue weighted by molar-refractivity contribution is 5.67. The van der Waals surface area contributed by atoms with Crippen molar-refractivity contribution in [3.8, 4) is 0 Å². The zero-order chi connectivity index (χ0) is 6.85. The fraction of sp³-hybridized carbons (Fsp3) is 0.833. The lowest BCUT2D eigenvalue weighted by Gasteiger charge is -2.31. The lowest BCUT2D eigenvalue weighted by molar-refractivity contribution is -0.139. The Labute approximate surface area is 53.9 Å². The fourth-order valence-corrected chi connectivity index (χ4v) is 1.07. The first kappa shape index (κ1) is 6.55. The molecule has 3 heteroatoms. The molecule has 1 saturated carbocycles. The number of carbonyl (C=O) groups is 1. The van der Waals surface area contributed by atoms with Gasteiger partial charge >= 0.3 is 5.97 Å². The Morgan fingerprint density at radius 1 is 1.67 bits per heavy atom. The summed E-state index contributed by atoms with van der Waals surface area (Å²) in [6, 6.07) is 0.154. The Hall–Kier alpha value is -0.570. The summed E-state index contributed by atoms with van der Waals surface area (Å²) in [6.45, 7) is 0. The van der Waals surface area contributed by atoms with E-state index in [0.29, 0.717) is 0 Å². The summed E-state index contributed by atoms with van der Waals surface area (Å²) in [4.78, 5) is 10.1. The Morgan fingerprint density at radius 3 is 2.44 bits per heavy atom. The SMILES string of the molecule is N[C@H]1CC[C@H]1CC(=O)O. The normalized spacial score (nSPS) is 33.4. The van der Waals surface area contributed by atoms with Crippen LogP contribution in [0.2, 0.25) is 0 Å². The zero-order valence-electron chi connectivity index (χ0n) is 5.21. The molecule has 52 valence electrons. The van der Waals surface area contributed by atoms with Crippen molar-refractivity contribution in [3.63, 3.8) is 0 Å². The Kier molecular flexibility index (Phi) is 1.71. The summed E-state index contributed by atoms with van der Waals surface area (Å²) < 4.78 is 0. The molecular formula is C6H11NO2. The zero-order valence-corrected chi connectivity index (χ0v) is 5.21. The topological polar surface area (TPSA) is 63.3 Å². The lowest BCUT2D eigenvalue weighted by Crippen LogP contribution is -2.40. The summed E-state index contributed by atoms with van der Waals surface area (Å²) in [5.74, 6) is -0.474. The third-order valence-electron chi connectivity index (χ3n) is 1.91. The molecule has 0 bridgehead atoms. The van der Waals surface area contributed by atoms with Crippen LogP contribution in [0.3, 0.4) is 0 Å².